The molecule has 0 spiro atoms. The zero-order valence-corrected chi connectivity index (χ0v) is 8.51. The number of imidazole rings is 1. The van der Waals surface area contributed by atoms with E-state index >= 15 is 0 Å². The van der Waals surface area contributed by atoms with Crippen molar-refractivity contribution in [3.05, 3.63) is 18.6 Å². The van der Waals surface area contributed by atoms with Crippen molar-refractivity contribution in [1.82, 2.24) is 14.3 Å². The van der Waals surface area contributed by atoms with Crippen LogP contribution in [0.2, 0.25) is 0 Å². The number of hydrogen-bond acceptors (Lipinski definition) is 3. The third-order valence-corrected chi connectivity index (χ3v) is 2.38. The molecule has 2 aromatic heterocycles. The lowest BCUT2D eigenvalue weighted by Gasteiger charge is -2.23. The van der Waals surface area contributed by atoms with E-state index in [-0.39, 0.29) is 0 Å². The van der Waals surface area contributed by atoms with Crippen LogP contribution in [0.4, 0.5) is 5.82 Å². The Morgan fingerprint density at radius 1 is 1.43 bits per heavy atom. The van der Waals surface area contributed by atoms with Crippen molar-refractivity contribution in [2.24, 2.45) is 0 Å². The van der Waals surface area contributed by atoms with Gasteiger partial charge in [0.25, 0.3) is 0 Å². The Morgan fingerprint density at radius 2 is 2.14 bits per heavy atom. The molecule has 5 heteroatoms. The SMILES string of the molecule is CCN(CC)n1c(N)cc2cncn21. The predicted molar refractivity (Wildman–Crippen MR) is 56.9 cm³/mol. The number of anilines is 1. The second-order valence-electron chi connectivity index (χ2n) is 3.16. The van der Waals surface area contributed by atoms with Gasteiger partial charge in [-0.25, -0.2) is 9.50 Å². The molecule has 0 saturated carbocycles. The minimum Gasteiger partial charge on any atom is -0.382 e. The topological polar surface area (TPSA) is 51.5 Å². The van der Waals surface area contributed by atoms with Gasteiger partial charge < -0.3 is 5.73 Å². The summed E-state index contributed by atoms with van der Waals surface area (Å²) in [7, 11) is 0. The summed E-state index contributed by atoms with van der Waals surface area (Å²) in [5.41, 5.74) is 6.95. The van der Waals surface area contributed by atoms with E-state index in [0.29, 0.717) is 0 Å². The van der Waals surface area contributed by atoms with Crippen LogP contribution in [0, 0.1) is 0 Å². The highest BCUT2D eigenvalue weighted by Gasteiger charge is 2.09. The number of aromatic nitrogens is 3. The third-order valence-electron chi connectivity index (χ3n) is 2.38. The van der Waals surface area contributed by atoms with Gasteiger partial charge in [-0.05, 0) is 13.8 Å². The number of nitrogens with zero attached hydrogens (tertiary/aromatic N) is 4. The molecule has 0 aromatic carbocycles. The number of nitrogen functional groups attached to an aromatic ring is 1. The first-order chi connectivity index (χ1) is 6.77. The average Bonchev–Trinajstić information content (AvgIpc) is 2.70. The molecule has 0 radical (unpaired) electrons. The fourth-order valence-corrected chi connectivity index (χ4v) is 1.69. The van der Waals surface area contributed by atoms with E-state index in [0.717, 1.165) is 24.4 Å². The summed E-state index contributed by atoms with van der Waals surface area (Å²) in [5, 5.41) is 2.14. The fraction of sp³-hybridized carbons (Fsp3) is 0.444. The summed E-state index contributed by atoms with van der Waals surface area (Å²) in [6.45, 7) is 6.04. The molecule has 0 atom stereocenters. The molecule has 0 aliphatic carbocycles. The van der Waals surface area contributed by atoms with Gasteiger partial charge in [0, 0.05) is 19.2 Å². The zero-order valence-electron chi connectivity index (χ0n) is 8.51. The van der Waals surface area contributed by atoms with Crippen molar-refractivity contribution in [3.8, 4) is 0 Å². The van der Waals surface area contributed by atoms with E-state index in [9.17, 15) is 0 Å². The Morgan fingerprint density at radius 3 is 2.79 bits per heavy atom. The Kier molecular flexibility index (Phi) is 2.07. The molecular weight excluding hydrogens is 178 g/mol. The largest absolute Gasteiger partial charge is 0.382 e. The monoisotopic (exact) mass is 193 g/mol. The van der Waals surface area contributed by atoms with Gasteiger partial charge in [0.05, 0.1) is 11.7 Å². The number of fused-ring (bicyclic) bond motifs is 1. The van der Waals surface area contributed by atoms with Crippen molar-refractivity contribution in [3.63, 3.8) is 0 Å². The van der Waals surface area contributed by atoms with Crippen molar-refractivity contribution in [2.75, 3.05) is 23.8 Å². The molecule has 0 aliphatic rings. The van der Waals surface area contributed by atoms with Gasteiger partial charge in [-0.1, -0.05) is 0 Å². The van der Waals surface area contributed by atoms with Gasteiger partial charge in [0.1, 0.15) is 12.1 Å². The average molecular weight is 193 g/mol. The molecule has 0 amide bonds. The highest BCUT2D eigenvalue weighted by Crippen LogP contribution is 2.12. The predicted octanol–water partition coefficient (Wildman–Crippen LogP) is 0.696. The zero-order chi connectivity index (χ0) is 10.1. The van der Waals surface area contributed by atoms with E-state index in [1.54, 1.807) is 12.5 Å². The van der Waals surface area contributed by atoms with Crippen LogP contribution in [0.1, 0.15) is 13.8 Å². The molecule has 14 heavy (non-hydrogen) atoms. The second-order valence-corrected chi connectivity index (χ2v) is 3.16. The summed E-state index contributed by atoms with van der Waals surface area (Å²) < 4.78 is 1.95. The maximum Gasteiger partial charge on any atom is 0.144 e. The quantitative estimate of drug-likeness (QED) is 0.780. The lowest BCUT2D eigenvalue weighted by atomic mass is 10.5. The summed E-state index contributed by atoms with van der Waals surface area (Å²) in [5.74, 6) is 0.742. The van der Waals surface area contributed by atoms with E-state index < -0.39 is 0 Å². The van der Waals surface area contributed by atoms with Crippen molar-refractivity contribution in [1.29, 1.82) is 0 Å². The summed E-state index contributed by atoms with van der Waals surface area (Å²) in [4.78, 5) is 6.02. The molecular formula is C9H15N5. The van der Waals surface area contributed by atoms with Crippen LogP contribution >= 0.6 is 0 Å². The normalized spacial score (nSPS) is 11.0. The fourth-order valence-electron chi connectivity index (χ4n) is 1.69. The van der Waals surface area contributed by atoms with Gasteiger partial charge >= 0.3 is 0 Å². The van der Waals surface area contributed by atoms with Gasteiger partial charge in [-0.15, -0.1) is 0 Å². The molecule has 5 nitrogen and oxygen atoms in total. The summed E-state index contributed by atoms with van der Waals surface area (Å²) in [6.07, 6.45) is 3.57. The Hall–Kier alpha value is -1.65. The first kappa shape index (κ1) is 8.93. The molecule has 0 fully saturated rings. The molecule has 2 rings (SSSR count). The minimum absolute atomic E-state index is 0.742. The van der Waals surface area contributed by atoms with Crippen LogP contribution in [0.5, 0.6) is 0 Å². The summed E-state index contributed by atoms with van der Waals surface area (Å²) >= 11 is 0. The van der Waals surface area contributed by atoms with Crippen LogP contribution < -0.4 is 10.7 Å². The molecule has 0 aliphatic heterocycles. The van der Waals surface area contributed by atoms with Gasteiger partial charge in [0.15, 0.2) is 0 Å². The first-order valence-corrected chi connectivity index (χ1v) is 4.82. The van der Waals surface area contributed by atoms with E-state index in [1.807, 2.05) is 15.4 Å². The molecule has 2 N–H and O–H groups in total. The third kappa shape index (κ3) is 1.13. The van der Waals surface area contributed by atoms with Crippen LogP contribution in [0.15, 0.2) is 18.6 Å². The lowest BCUT2D eigenvalue weighted by Crippen LogP contribution is -2.37. The Bertz CT molecular complexity index is 423. The number of hydrogen-bond donors (Lipinski definition) is 1. The van der Waals surface area contributed by atoms with E-state index in [1.165, 1.54) is 0 Å². The second kappa shape index (κ2) is 3.25. The van der Waals surface area contributed by atoms with Crippen molar-refractivity contribution < 1.29 is 0 Å². The standard InChI is InChI=1S/C9H15N5/c1-3-12(4-2)14-9(10)5-8-6-11-7-13(8)14/h5-7H,3-4,10H2,1-2H3. The highest BCUT2D eigenvalue weighted by molar-refractivity contribution is 5.53. The maximum atomic E-state index is 5.92. The summed E-state index contributed by atoms with van der Waals surface area (Å²) in [6, 6.07) is 1.92. The molecule has 0 bridgehead atoms. The Balaban J connectivity index is 2.57. The van der Waals surface area contributed by atoms with Gasteiger partial charge in [-0.2, -0.15) is 4.79 Å². The van der Waals surface area contributed by atoms with E-state index in [2.05, 4.69) is 23.8 Å². The first-order valence-electron chi connectivity index (χ1n) is 4.82. The maximum absolute atomic E-state index is 5.92. The van der Waals surface area contributed by atoms with Crippen LogP contribution in [0.3, 0.4) is 0 Å². The van der Waals surface area contributed by atoms with Gasteiger partial charge in [0.2, 0.25) is 0 Å². The lowest BCUT2D eigenvalue weighted by molar-refractivity contribution is 0.537. The smallest absolute Gasteiger partial charge is 0.144 e. The van der Waals surface area contributed by atoms with E-state index in [4.69, 9.17) is 5.73 Å². The highest BCUT2D eigenvalue weighted by atomic mass is 15.7. The molecule has 2 heterocycles. The van der Waals surface area contributed by atoms with Crippen molar-refractivity contribution >= 4 is 11.3 Å². The molecule has 0 saturated heterocycles. The van der Waals surface area contributed by atoms with Crippen LogP contribution in [-0.4, -0.2) is 27.4 Å². The molecule has 2 aromatic rings. The van der Waals surface area contributed by atoms with Crippen LogP contribution in [0.25, 0.3) is 5.52 Å². The van der Waals surface area contributed by atoms with Crippen LogP contribution in [-0.2, 0) is 0 Å². The minimum atomic E-state index is 0.742. The Labute approximate surface area is 82.7 Å². The number of nitrogens with two attached hydrogens (primary N) is 1. The molecule has 0 unspecified atom stereocenters. The van der Waals surface area contributed by atoms with Crippen molar-refractivity contribution in [2.45, 2.75) is 13.8 Å². The molecule has 76 valence electrons. The number of rotatable bonds is 3. The van der Waals surface area contributed by atoms with Gasteiger partial charge in [-0.3, -0.25) is 5.01 Å².